The second-order valence-corrected chi connectivity index (χ2v) is 4.65. The van der Waals surface area contributed by atoms with Gasteiger partial charge in [-0.1, -0.05) is 23.7 Å². The van der Waals surface area contributed by atoms with Gasteiger partial charge in [0.25, 0.3) is 5.69 Å². The van der Waals surface area contributed by atoms with Gasteiger partial charge in [0, 0.05) is 24.2 Å². The third-order valence-electron chi connectivity index (χ3n) is 2.85. The van der Waals surface area contributed by atoms with Crippen LogP contribution in [0.3, 0.4) is 0 Å². The van der Waals surface area contributed by atoms with Crippen LogP contribution in [-0.2, 0) is 6.54 Å². The van der Waals surface area contributed by atoms with E-state index in [9.17, 15) is 10.1 Å². The van der Waals surface area contributed by atoms with Crippen molar-refractivity contribution in [1.29, 1.82) is 0 Å². The van der Waals surface area contributed by atoms with Crippen molar-refractivity contribution in [3.63, 3.8) is 0 Å². The fourth-order valence-electron chi connectivity index (χ4n) is 1.80. The number of nitrogens with two attached hydrogens (primary N) is 1. The summed E-state index contributed by atoms with van der Waals surface area (Å²) in [6.45, 7) is 2.03. The summed E-state index contributed by atoms with van der Waals surface area (Å²) in [7, 11) is 0. The minimum absolute atomic E-state index is 0.0213. The van der Waals surface area contributed by atoms with E-state index in [1.54, 1.807) is 25.1 Å². The van der Waals surface area contributed by atoms with Crippen LogP contribution in [-0.4, -0.2) is 4.92 Å². The molecule has 6 heteroatoms. The monoisotopic (exact) mass is 292 g/mol. The number of aryl methyl sites for hydroxylation is 1. The molecule has 0 heterocycles. The molecule has 104 valence electrons. The molecule has 5 nitrogen and oxygen atoms in total. The average Bonchev–Trinajstić information content (AvgIpc) is 2.42. The van der Waals surface area contributed by atoms with E-state index in [0.717, 1.165) is 5.56 Å². The molecule has 0 radical (unpaired) electrons. The van der Waals surface area contributed by atoms with E-state index in [0.29, 0.717) is 28.6 Å². The highest BCUT2D eigenvalue weighted by atomic mass is 35.5. The number of nitrogens with zero attached hydrogens (tertiary/aromatic N) is 1. The third-order valence-corrected chi connectivity index (χ3v) is 3.15. The SMILES string of the molecule is Cc1cc([N+](=O)[O-])ccc1Oc1c(Cl)cccc1CN. The van der Waals surface area contributed by atoms with Gasteiger partial charge in [-0.25, -0.2) is 0 Å². The molecule has 0 bridgehead atoms. The molecule has 0 saturated heterocycles. The lowest BCUT2D eigenvalue weighted by Crippen LogP contribution is -2.00. The number of hydrogen-bond acceptors (Lipinski definition) is 4. The first-order valence-corrected chi connectivity index (χ1v) is 6.31. The lowest BCUT2D eigenvalue weighted by molar-refractivity contribution is -0.384. The Morgan fingerprint density at radius 1 is 1.35 bits per heavy atom. The molecule has 2 rings (SSSR count). The fraction of sp³-hybridized carbons (Fsp3) is 0.143. The number of ether oxygens (including phenoxy) is 1. The van der Waals surface area contributed by atoms with Crippen LogP contribution in [0, 0.1) is 17.0 Å². The minimum Gasteiger partial charge on any atom is -0.455 e. The number of rotatable bonds is 4. The summed E-state index contributed by atoms with van der Waals surface area (Å²) in [5, 5.41) is 11.2. The van der Waals surface area contributed by atoms with Crippen LogP contribution < -0.4 is 10.5 Å². The summed E-state index contributed by atoms with van der Waals surface area (Å²) in [6, 6.07) is 9.71. The van der Waals surface area contributed by atoms with Crippen LogP contribution in [0.2, 0.25) is 5.02 Å². The van der Waals surface area contributed by atoms with Crippen molar-refractivity contribution < 1.29 is 9.66 Å². The van der Waals surface area contributed by atoms with Crippen molar-refractivity contribution in [2.24, 2.45) is 5.73 Å². The average molecular weight is 293 g/mol. The van der Waals surface area contributed by atoms with Crippen LogP contribution in [0.15, 0.2) is 36.4 Å². The Morgan fingerprint density at radius 3 is 2.70 bits per heavy atom. The van der Waals surface area contributed by atoms with Crippen molar-refractivity contribution in [3.8, 4) is 11.5 Å². The molecule has 2 N–H and O–H groups in total. The van der Waals surface area contributed by atoms with Gasteiger partial charge in [0.15, 0.2) is 0 Å². The highest BCUT2D eigenvalue weighted by Gasteiger charge is 2.13. The van der Waals surface area contributed by atoms with E-state index in [4.69, 9.17) is 22.1 Å². The van der Waals surface area contributed by atoms with Gasteiger partial charge in [-0.2, -0.15) is 0 Å². The van der Waals surface area contributed by atoms with Crippen LogP contribution in [0.4, 0.5) is 5.69 Å². The zero-order valence-corrected chi connectivity index (χ0v) is 11.6. The molecule has 0 unspecified atom stereocenters. The lowest BCUT2D eigenvalue weighted by Gasteiger charge is -2.13. The summed E-state index contributed by atoms with van der Waals surface area (Å²) in [5.74, 6) is 0.993. The van der Waals surface area contributed by atoms with Crippen LogP contribution in [0.1, 0.15) is 11.1 Å². The van der Waals surface area contributed by atoms with Gasteiger partial charge in [0.2, 0.25) is 0 Å². The molecule has 2 aromatic carbocycles. The molecule has 2 aromatic rings. The van der Waals surface area contributed by atoms with Crippen molar-refractivity contribution in [3.05, 3.63) is 62.7 Å². The predicted molar refractivity (Wildman–Crippen MR) is 77.3 cm³/mol. The van der Waals surface area contributed by atoms with Gasteiger partial charge < -0.3 is 10.5 Å². The Labute approximate surface area is 121 Å². The molecule has 0 aliphatic heterocycles. The topological polar surface area (TPSA) is 78.4 Å². The zero-order valence-electron chi connectivity index (χ0n) is 10.8. The van der Waals surface area contributed by atoms with Gasteiger partial charge in [0.1, 0.15) is 11.5 Å². The Hall–Kier alpha value is -2.11. The number of halogens is 1. The first kappa shape index (κ1) is 14.3. The highest BCUT2D eigenvalue weighted by molar-refractivity contribution is 6.32. The Balaban J connectivity index is 2.38. The second kappa shape index (κ2) is 5.90. The van der Waals surface area contributed by atoms with Gasteiger partial charge in [0.05, 0.1) is 9.95 Å². The summed E-state index contributed by atoms with van der Waals surface area (Å²) < 4.78 is 5.76. The van der Waals surface area contributed by atoms with Crippen LogP contribution >= 0.6 is 11.6 Å². The fourth-order valence-corrected chi connectivity index (χ4v) is 2.03. The maximum Gasteiger partial charge on any atom is 0.269 e. The van der Waals surface area contributed by atoms with Gasteiger partial charge in [-0.15, -0.1) is 0 Å². The summed E-state index contributed by atoms with van der Waals surface area (Å²) >= 11 is 6.10. The number of nitro groups is 1. The molecule has 0 aliphatic carbocycles. The molecular weight excluding hydrogens is 280 g/mol. The van der Waals surface area contributed by atoms with Crippen LogP contribution in [0.25, 0.3) is 0 Å². The first-order valence-electron chi connectivity index (χ1n) is 5.93. The number of nitro benzene ring substituents is 1. The summed E-state index contributed by atoms with van der Waals surface area (Å²) in [5.41, 5.74) is 7.10. The van der Waals surface area contributed by atoms with Crippen molar-refractivity contribution in [1.82, 2.24) is 0 Å². The van der Waals surface area contributed by atoms with E-state index in [1.165, 1.54) is 12.1 Å². The highest BCUT2D eigenvalue weighted by Crippen LogP contribution is 2.35. The number of hydrogen-bond donors (Lipinski definition) is 1. The maximum atomic E-state index is 10.7. The van der Waals surface area contributed by atoms with Gasteiger partial charge >= 0.3 is 0 Å². The van der Waals surface area contributed by atoms with E-state index >= 15 is 0 Å². The quantitative estimate of drug-likeness (QED) is 0.686. The maximum absolute atomic E-state index is 10.7. The molecule has 0 fully saturated rings. The normalized spacial score (nSPS) is 10.3. The van der Waals surface area contributed by atoms with E-state index in [2.05, 4.69) is 0 Å². The number of para-hydroxylation sites is 1. The zero-order chi connectivity index (χ0) is 14.7. The summed E-state index contributed by atoms with van der Waals surface area (Å²) in [6.07, 6.45) is 0. The van der Waals surface area contributed by atoms with Gasteiger partial charge in [-0.3, -0.25) is 10.1 Å². The largest absolute Gasteiger partial charge is 0.455 e. The van der Waals surface area contributed by atoms with Crippen molar-refractivity contribution in [2.45, 2.75) is 13.5 Å². The van der Waals surface area contributed by atoms with E-state index in [-0.39, 0.29) is 5.69 Å². The van der Waals surface area contributed by atoms with Crippen molar-refractivity contribution in [2.75, 3.05) is 0 Å². The smallest absolute Gasteiger partial charge is 0.269 e. The molecule has 0 spiro atoms. The standard InChI is InChI=1S/C14H13ClN2O3/c1-9-7-11(17(18)19)5-6-13(9)20-14-10(8-16)3-2-4-12(14)15/h2-7H,8,16H2,1H3. The predicted octanol–water partition coefficient (Wildman–Crippen LogP) is 3.81. The minimum atomic E-state index is -0.447. The van der Waals surface area contributed by atoms with Crippen molar-refractivity contribution >= 4 is 17.3 Å². The second-order valence-electron chi connectivity index (χ2n) is 4.24. The molecule has 0 aromatic heterocycles. The Morgan fingerprint density at radius 2 is 2.10 bits per heavy atom. The number of benzene rings is 2. The molecule has 0 saturated carbocycles. The molecular formula is C14H13ClN2O3. The molecule has 0 atom stereocenters. The van der Waals surface area contributed by atoms with Crippen LogP contribution in [0.5, 0.6) is 11.5 Å². The van der Waals surface area contributed by atoms with E-state index in [1.807, 2.05) is 6.07 Å². The first-order chi connectivity index (χ1) is 9.52. The number of non-ortho nitro benzene ring substituents is 1. The molecule has 0 amide bonds. The Kier molecular flexibility index (Phi) is 4.22. The van der Waals surface area contributed by atoms with Gasteiger partial charge in [-0.05, 0) is 24.6 Å². The molecule has 20 heavy (non-hydrogen) atoms. The third kappa shape index (κ3) is 2.89. The summed E-state index contributed by atoms with van der Waals surface area (Å²) in [4.78, 5) is 10.3. The molecule has 0 aliphatic rings. The Bertz CT molecular complexity index is 659. The van der Waals surface area contributed by atoms with E-state index < -0.39 is 4.92 Å². The lowest BCUT2D eigenvalue weighted by atomic mass is 10.2.